The van der Waals surface area contributed by atoms with Gasteiger partial charge < -0.3 is 5.11 Å². The van der Waals surface area contributed by atoms with E-state index in [0.717, 1.165) is 12.1 Å². The van der Waals surface area contributed by atoms with E-state index in [4.69, 9.17) is 5.11 Å². The lowest BCUT2D eigenvalue weighted by atomic mass is 10.0. The molecule has 0 bridgehead atoms. The smallest absolute Gasteiger partial charge is 0.336 e. The van der Waals surface area contributed by atoms with Crippen LogP contribution in [0.1, 0.15) is 20.0 Å². The maximum atomic E-state index is 13.1. The van der Waals surface area contributed by atoms with E-state index in [1.165, 1.54) is 17.4 Å². The van der Waals surface area contributed by atoms with Crippen LogP contribution >= 0.6 is 11.3 Å². The van der Waals surface area contributed by atoms with Crippen LogP contribution in [-0.2, 0) is 0 Å². The molecule has 1 aromatic heterocycles. The molecule has 0 saturated carbocycles. The number of benzene rings is 1. The van der Waals surface area contributed by atoms with Crippen LogP contribution in [0.5, 0.6) is 0 Å². The third kappa shape index (κ3) is 2.24. The molecule has 0 unspecified atom stereocenters. The molecule has 0 atom stereocenters. The molecule has 2 aromatic rings. The zero-order valence-electron chi connectivity index (χ0n) is 8.51. The molecule has 5 heteroatoms. The van der Waals surface area contributed by atoms with E-state index < -0.39 is 11.8 Å². The van der Waals surface area contributed by atoms with Gasteiger partial charge in [-0.1, -0.05) is 0 Å². The van der Waals surface area contributed by atoms with Gasteiger partial charge in [0.25, 0.3) is 0 Å². The van der Waals surface area contributed by atoms with Crippen molar-refractivity contribution >= 4 is 23.6 Å². The van der Waals surface area contributed by atoms with Crippen molar-refractivity contribution in [2.45, 2.75) is 0 Å². The van der Waals surface area contributed by atoms with E-state index in [0.29, 0.717) is 16.7 Å². The summed E-state index contributed by atoms with van der Waals surface area (Å²) in [7, 11) is 0. The van der Waals surface area contributed by atoms with Crippen LogP contribution < -0.4 is 0 Å². The predicted octanol–water partition coefficient (Wildman–Crippen LogP) is 3.06. The second-order valence-electron chi connectivity index (χ2n) is 3.35. The first-order chi connectivity index (χ1) is 8.11. The summed E-state index contributed by atoms with van der Waals surface area (Å²) in [5.41, 5.74) is 0.831. The van der Waals surface area contributed by atoms with Crippen molar-refractivity contribution in [3.05, 3.63) is 45.9 Å². The number of aromatic carboxylic acids is 1. The average molecular weight is 250 g/mol. The van der Waals surface area contributed by atoms with Gasteiger partial charge in [0.05, 0.1) is 10.4 Å². The maximum Gasteiger partial charge on any atom is 0.336 e. The number of carbonyl (C=O) groups is 2. The summed E-state index contributed by atoms with van der Waals surface area (Å²) < 4.78 is 13.1. The van der Waals surface area contributed by atoms with Crippen LogP contribution in [0.15, 0.2) is 29.6 Å². The number of carboxylic acids is 1. The van der Waals surface area contributed by atoms with E-state index in [-0.39, 0.29) is 11.1 Å². The van der Waals surface area contributed by atoms with Crippen LogP contribution in [0.25, 0.3) is 11.1 Å². The summed E-state index contributed by atoms with van der Waals surface area (Å²) in [6.45, 7) is 0. The highest BCUT2D eigenvalue weighted by Crippen LogP contribution is 2.28. The van der Waals surface area contributed by atoms with Gasteiger partial charge in [-0.2, -0.15) is 0 Å². The molecule has 0 amide bonds. The van der Waals surface area contributed by atoms with Gasteiger partial charge in [-0.25, -0.2) is 9.18 Å². The monoisotopic (exact) mass is 250 g/mol. The lowest BCUT2D eigenvalue weighted by molar-refractivity contribution is 0.0697. The molecule has 86 valence electrons. The fourth-order valence-electron chi connectivity index (χ4n) is 1.50. The Hall–Kier alpha value is -2.01. The highest BCUT2D eigenvalue weighted by molar-refractivity contribution is 7.12. The molecule has 0 aliphatic carbocycles. The Morgan fingerprint density at radius 3 is 2.71 bits per heavy atom. The average Bonchev–Trinajstić information content (AvgIpc) is 2.76. The zero-order chi connectivity index (χ0) is 12.4. The summed E-state index contributed by atoms with van der Waals surface area (Å²) in [6.07, 6.45) is 0.675. The van der Waals surface area contributed by atoms with Crippen molar-refractivity contribution in [1.29, 1.82) is 0 Å². The summed E-state index contributed by atoms with van der Waals surface area (Å²) in [5, 5.41) is 10.6. The number of carbonyl (C=O) groups excluding carboxylic acids is 1. The number of hydrogen-bond acceptors (Lipinski definition) is 3. The third-order valence-corrected chi connectivity index (χ3v) is 3.12. The van der Waals surface area contributed by atoms with E-state index >= 15 is 0 Å². The number of halogens is 1. The molecule has 1 aromatic carbocycles. The van der Waals surface area contributed by atoms with Gasteiger partial charge in [-0.05, 0) is 40.8 Å². The summed E-state index contributed by atoms with van der Waals surface area (Å²) in [4.78, 5) is 22.0. The van der Waals surface area contributed by atoms with Gasteiger partial charge in [0.2, 0.25) is 0 Å². The van der Waals surface area contributed by atoms with Crippen LogP contribution in [0.2, 0.25) is 0 Å². The number of thiophene rings is 1. The summed E-state index contributed by atoms with van der Waals surface area (Å²) in [6, 6.07) is 5.00. The van der Waals surface area contributed by atoms with Crippen molar-refractivity contribution < 1.29 is 19.1 Å². The minimum atomic E-state index is -1.13. The Kier molecular flexibility index (Phi) is 3.01. The van der Waals surface area contributed by atoms with Gasteiger partial charge in [0.15, 0.2) is 6.29 Å². The fraction of sp³-hybridized carbons (Fsp3) is 0. The van der Waals surface area contributed by atoms with Crippen molar-refractivity contribution in [1.82, 2.24) is 0 Å². The van der Waals surface area contributed by atoms with Crippen molar-refractivity contribution in [2.75, 3.05) is 0 Å². The highest BCUT2D eigenvalue weighted by Gasteiger charge is 2.13. The topological polar surface area (TPSA) is 54.4 Å². The fourth-order valence-corrected chi connectivity index (χ4v) is 2.21. The van der Waals surface area contributed by atoms with Crippen LogP contribution in [0.3, 0.4) is 0 Å². The summed E-state index contributed by atoms with van der Waals surface area (Å²) >= 11 is 1.19. The lowest BCUT2D eigenvalue weighted by Gasteiger charge is -2.03. The number of aldehydes is 1. The van der Waals surface area contributed by atoms with Crippen LogP contribution in [-0.4, -0.2) is 17.4 Å². The normalized spacial score (nSPS) is 10.2. The van der Waals surface area contributed by atoms with Gasteiger partial charge in [0.1, 0.15) is 5.82 Å². The number of carboxylic acid groups (broad SMARTS) is 1. The minimum Gasteiger partial charge on any atom is -0.478 e. The molecule has 0 radical (unpaired) electrons. The maximum absolute atomic E-state index is 13.1. The molecule has 0 aliphatic rings. The Bertz CT molecular complexity index is 589. The highest BCUT2D eigenvalue weighted by atomic mass is 32.1. The second kappa shape index (κ2) is 4.47. The number of hydrogen-bond donors (Lipinski definition) is 1. The van der Waals surface area contributed by atoms with Gasteiger partial charge in [-0.3, -0.25) is 4.79 Å². The minimum absolute atomic E-state index is 0.0154. The Labute approximate surface area is 100 Å². The van der Waals surface area contributed by atoms with Crippen molar-refractivity contribution in [2.24, 2.45) is 0 Å². The molecule has 1 N–H and O–H groups in total. The molecule has 0 saturated heterocycles. The van der Waals surface area contributed by atoms with Gasteiger partial charge >= 0.3 is 5.97 Å². The van der Waals surface area contributed by atoms with E-state index in [1.807, 2.05) is 0 Å². The molecular formula is C12H7FO3S. The van der Waals surface area contributed by atoms with E-state index in [2.05, 4.69) is 0 Å². The molecule has 2 rings (SSSR count). The predicted molar refractivity (Wildman–Crippen MR) is 62.1 cm³/mol. The molecule has 1 heterocycles. The first kappa shape index (κ1) is 11.5. The SMILES string of the molecule is O=Cc1cc(-c2cc(F)ccc2C(=O)O)cs1. The first-order valence-corrected chi connectivity index (χ1v) is 5.56. The van der Waals surface area contributed by atoms with Crippen molar-refractivity contribution in [3.8, 4) is 11.1 Å². The molecular weight excluding hydrogens is 243 g/mol. The van der Waals surface area contributed by atoms with Crippen LogP contribution in [0, 0.1) is 5.82 Å². The quantitative estimate of drug-likeness (QED) is 0.852. The lowest BCUT2D eigenvalue weighted by Crippen LogP contribution is -1.99. The standard InChI is InChI=1S/C12H7FO3S/c13-8-1-2-10(12(15)16)11(4-8)7-3-9(5-14)17-6-7/h1-6H,(H,15,16). The zero-order valence-corrected chi connectivity index (χ0v) is 9.33. The van der Waals surface area contributed by atoms with E-state index in [9.17, 15) is 14.0 Å². The first-order valence-electron chi connectivity index (χ1n) is 4.68. The molecule has 0 aliphatic heterocycles. The Balaban J connectivity index is 2.60. The largest absolute Gasteiger partial charge is 0.478 e. The summed E-state index contributed by atoms with van der Waals surface area (Å²) in [5.74, 6) is -1.64. The molecule has 0 spiro atoms. The second-order valence-corrected chi connectivity index (χ2v) is 4.29. The van der Waals surface area contributed by atoms with Gasteiger partial charge in [0, 0.05) is 0 Å². The Morgan fingerprint density at radius 1 is 1.35 bits per heavy atom. The van der Waals surface area contributed by atoms with Crippen molar-refractivity contribution in [3.63, 3.8) is 0 Å². The molecule has 3 nitrogen and oxygen atoms in total. The Morgan fingerprint density at radius 2 is 2.12 bits per heavy atom. The van der Waals surface area contributed by atoms with Gasteiger partial charge in [-0.15, -0.1) is 11.3 Å². The van der Waals surface area contributed by atoms with Crippen LogP contribution in [0.4, 0.5) is 4.39 Å². The molecule has 0 fully saturated rings. The molecule has 17 heavy (non-hydrogen) atoms. The van der Waals surface area contributed by atoms with E-state index in [1.54, 1.807) is 11.4 Å². The number of rotatable bonds is 3. The third-order valence-electron chi connectivity index (χ3n) is 2.26.